The largest absolute Gasteiger partial charge is 0.354 e. The third kappa shape index (κ3) is 4.27. The molecule has 1 saturated carbocycles. The van der Waals surface area contributed by atoms with Crippen molar-refractivity contribution in [3.63, 3.8) is 0 Å². The fourth-order valence-corrected chi connectivity index (χ4v) is 3.64. The van der Waals surface area contributed by atoms with Crippen molar-refractivity contribution in [2.24, 2.45) is 0 Å². The molecule has 0 atom stereocenters. The number of nitrogens with one attached hydrogen (secondary N) is 2. The van der Waals surface area contributed by atoms with Gasteiger partial charge in [0, 0.05) is 43.7 Å². The predicted molar refractivity (Wildman–Crippen MR) is 99.2 cm³/mol. The molecule has 0 unspecified atom stereocenters. The van der Waals surface area contributed by atoms with E-state index >= 15 is 0 Å². The van der Waals surface area contributed by atoms with Gasteiger partial charge in [0.15, 0.2) is 0 Å². The highest BCUT2D eigenvalue weighted by molar-refractivity contribution is 9.10. The summed E-state index contributed by atoms with van der Waals surface area (Å²) >= 11 is 3.46. The first-order valence-corrected chi connectivity index (χ1v) is 8.97. The van der Waals surface area contributed by atoms with Gasteiger partial charge in [-0.15, -0.1) is 12.4 Å². The fourth-order valence-electron chi connectivity index (χ4n) is 3.38. The van der Waals surface area contributed by atoms with E-state index in [0.717, 1.165) is 68.6 Å². The minimum Gasteiger partial charge on any atom is -0.354 e. The minimum atomic E-state index is -0.288. The van der Waals surface area contributed by atoms with Crippen LogP contribution in [0.15, 0.2) is 28.7 Å². The van der Waals surface area contributed by atoms with Crippen molar-refractivity contribution in [1.29, 1.82) is 0 Å². The maximum absolute atomic E-state index is 12.7. The molecule has 3 rings (SSSR count). The second-order valence-electron chi connectivity index (χ2n) is 6.29. The zero-order valence-corrected chi connectivity index (χ0v) is 15.7. The Morgan fingerprint density at radius 3 is 2.43 bits per heavy atom. The Kier molecular flexibility index (Phi) is 6.89. The van der Waals surface area contributed by atoms with Gasteiger partial charge in [-0.2, -0.15) is 0 Å². The third-order valence-electron chi connectivity index (χ3n) is 4.96. The number of amides is 1. The van der Waals surface area contributed by atoms with Crippen LogP contribution in [0.5, 0.6) is 0 Å². The molecule has 1 saturated heterocycles. The van der Waals surface area contributed by atoms with Crippen molar-refractivity contribution >= 4 is 34.2 Å². The van der Waals surface area contributed by atoms with Crippen LogP contribution in [-0.2, 0) is 10.2 Å². The quantitative estimate of drug-likeness (QED) is 0.794. The molecule has 2 fully saturated rings. The third-order valence-corrected chi connectivity index (χ3v) is 5.49. The average molecular weight is 403 g/mol. The van der Waals surface area contributed by atoms with Crippen molar-refractivity contribution in [1.82, 2.24) is 15.5 Å². The van der Waals surface area contributed by atoms with Gasteiger partial charge < -0.3 is 10.6 Å². The zero-order chi connectivity index (χ0) is 15.4. The number of hydrogen-bond donors (Lipinski definition) is 2. The van der Waals surface area contributed by atoms with Crippen LogP contribution >= 0.6 is 28.3 Å². The highest BCUT2D eigenvalue weighted by Gasteiger charge is 2.45. The van der Waals surface area contributed by atoms with E-state index in [1.807, 2.05) is 12.1 Å². The van der Waals surface area contributed by atoms with E-state index in [9.17, 15) is 4.79 Å². The monoisotopic (exact) mass is 401 g/mol. The Morgan fingerprint density at radius 1 is 1.22 bits per heavy atom. The maximum Gasteiger partial charge on any atom is 0.230 e. The molecule has 0 spiro atoms. The molecule has 128 valence electrons. The van der Waals surface area contributed by atoms with Gasteiger partial charge in [-0.1, -0.05) is 34.5 Å². The summed E-state index contributed by atoms with van der Waals surface area (Å²) in [6.45, 7) is 5.95. The lowest BCUT2D eigenvalue weighted by Gasteiger charge is -2.41. The van der Waals surface area contributed by atoms with Crippen LogP contribution in [0.4, 0.5) is 0 Å². The number of benzene rings is 1. The molecule has 0 bridgehead atoms. The lowest BCUT2D eigenvalue weighted by molar-refractivity contribution is -0.130. The first-order valence-electron chi connectivity index (χ1n) is 8.18. The SMILES string of the molecule is Cl.O=C(NCCN1CCNCC1)C1(c2ccc(Br)cc2)CCC1. The van der Waals surface area contributed by atoms with Crippen LogP contribution in [0.3, 0.4) is 0 Å². The molecule has 4 nitrogen and oxygen atoms in total. The topological polar surface area (TPSA) is 44.4 Å². The number of nitrogens with zero attached hydrogens (tertiary/aromatic N) is 1. The molecule has 23 heavy (non-hydrogen) atoms. The second kappa shape index (κ2) is 8.47. The Bertz CT molecular complexity index is 513. The van der Waals surface area contributed by atoms with Crippen molar-refractivity contribution in [2.45, 2.75) is 24.7 Å². The van der Waals surface area contributed by atoms with E-state index in [0.29, 0.717) is 0 Å². The van der Waals surface area contributed by atoms with Crippen LogP contribution in [-0.4, -0.2) is 50.1 Å². The summed E-state index contributed by atoms with van der Waals surface area (Å²) in [5.74, 6) is 0.205. The van der Waals surface area contributed by atoms with Gasteiger partial charge in [-0.3, -0.25) is 9.69 Å². The summed E-state index contributed by atoms with van der Waals surface area (Å²) in [7, 11) is 0. The molecule has 2 aliphatic rings. The van der Waals surface area contributed by atoms with Crippen molar-refractivity contribution in [3.8, 4) is 0 Å². The molecular weight excluding hydrogens is 378 g/mol. The van der Waals surface area contributed by atoms with Crippen LogP contribution < -0.4 is 10.6 Å². The first kappa shape index (κ1) is 18.7. The summed E-state index contributed by atoms with van der Waals surface area (Å²) < 4.78 is 1.06. The van der Waals surface area contributed by atoms with Crippen LogP contribution in [0.25, 0.3) is 0 Å². The molecule has 6 heteroatoms. The van der Waals surface area contributed by atoms with Crippen molar-refractivity contribution in [3.05, 3.63) is 34.3 Å². The van der Waals surface area contributed by atoms with Gasteiger partial charge in [0.1, 0.15) is 0 Å². The number of rotatable bonds is 5. The lowest BCUT2D eigenvalue weighted by Crippen LogP contribution is -2.51. The number of hydrogen-bond acceptors (Lipinski definition) is 3. The molecule has 1 aromatic rings. The summed E-state index contributed by atoms with van der Waals surface area (Å²) in [6, 6.07) is 8.23. The maximum atomic E-state index is 12.7. The Morgan fingerprint density at radius 2 is 1.87 bits per heavy atom. The van der Waals surface area contributed by atoms with Crippen LogP contribution in [0.2, 0.25) is 0 Å². The van der Waals surface area contributed by atoms with Gasteiger partial charge in [-0.05, 0) is 30.5 Å². The van der Waals surface area contributed by atoms with Gasteiger partial charge in [0.25, 0.3) is 0 Å². The number of piperazine rings is 1. The molecule has 1 heterocycles. The Balaban J connectivity index is 0.00000192. The molecule has 1 amide bonds. The van der Waals surface area contributed by atoms with Crippen molar-refractivity contribution in [2.75, 3.05) is 39.3 Å². The highest BCUT2D eigenvalue weighted by Crippen LogP contribution is 2.44. The molecule has 1 aromatic carbocycles. The summed E-state index contributed by atoms with van der Waals surface area (Å²) in [5.41, 5.74) is 0.867. The van der Waals surface area contributed by atoms with E-state index < -0.39 is 0 Å². The Hall–Kier alpha value is -0.620. The second-order valence-corrected chi connectivity index (χ2v) is 7.21. The molecule has 2 N–H and O–H groups in total. The van der Waals surface area contributed by atoms with Crippen LogP contribution in [0.1, 0.15) is 24.8 Å². The minimum absolute atomic E-state index is 0. The average Bonchev–Trinajstić information content (AvgIpc) is 2.49. The Labute approximate surface area is 152 Å². The standard InChI is InChI=1S/C17H24BrN3O.ClH/c18-15-4-2-14(3-5-15)17(6-1-7-17)16(22)20-10-13-21-11-8-19-9-12-21;/h2-5,19H,1,6-13H2,(H,20,22);1H. The number of halogens is 2. The van der Waals surface area contributed by atoms with Gasteiger partial charge >= 0.3 is 0 Å². The van der Waals surface area contributed by atoms with E-state index in [1.165, 1.54) is 0 Å². The van der Waals surface area contributed by atoms with Gasteiger partial charge in [-0.25, -0.2) is 0 Å². The lowest BCUT2D eigenvalue weighted by atomic mass is 9.64. The zero-order valence-electron chi connectivity index (χ0n) is 13.3. The molecule has 0 aromatic heterocycles. The molecule has 1 aliphatic carbocycles. The van der Waals surface area contributed by atoms with Gasteiger partial charge in [0.05, 0.1) is 5.41 Å². The predicted octanol–water partition coefficient (Wildman–Crippen LogP) is 2.31. The molecule has 0 radical (unpaired) electrons. The summed E-state index contributed by atoms with van der Waals surface area (Å²) in [4.78, 5) is 15.1. The summed E-state index contributed by atoms with van der Waals surface area (Å²) in [5, 5.41) is 6.52. The highest BCUT2D eigenvalue weighted by atomic mass is 79.9. The van der Waals surface area contributed by atoms with Crippen LogP contribution in [0, 0.1) is 0 Å². The van der Waals surface area contributed by atoms with E-state index in [2.05, 4.69) is 43.6 Å². The van der Waals surface area contributed by atoms with E-state index in [1.54, 1.807) is 0 Å². The van der Waals surface area contributed by atoms with E-state index in [-0.39, 0.29) is 23.7 Å². The van der Waals surface area contributed by atoms with Crippen molar-refractivity contribution < 1.29 is 4.79 Å². The van der Waals surface area contributed by atoms with Gasteiger partial charge in [0.2, 0.25) is 5.91 Å². The number of carbonyl (C=O) groups is 1. The smallest absolute Gasteiger partial charge is 0.230 e. The fraction of sp³-hybridized carbons (Fsp3) is 0.588. The summed E-state index contributed by atoms with van der Waals surface area (Å²) in [6.07, 6.45) is 3.07. The molecule has 1 aliphatic heterocycles. The van der Waals surface area contributed by atoms with E-state index in [4.69, 9.17) is 0 Å². The molecular formula is C17H25BrClN3O. The normalized spacial score (nSPS) is 20.2. The first-order chi connectivity index (χ1) is 10.7. The number of carbonyl (C=O) groups excluding carboxylic acids is 1.